The van der Waals surface area contributed by atoms with E-state index in [2.05, 4.69) is 29.6 Å². The summed E-state index contributed by atoms with van der Waals surface area (Å²) < 4.78 is 5.56. The third-order valence-corrected chi connectivity index (χ3v) is 4.21. The fourth-order valence-electron chi connectivity index (χ4n) is 3.30. The number of nitrogens with one attached hydrogen (secondary N) is 1. The summed E-state index contributed by atoms with van der Waals surface area (Å²) in [5.74, 6) is 0. The van der Waals surface area contributed by atoms with Gasteiger partial charge in [0.2, 0.25) is 0 Å². The van der Waals surface area contributed by atoms with Crippen LogP contribution in [0.2, 0.25) is 0 Å². The van der Waals surface area contributed by atoms with Crippen LogP contribution in [0.15, 0.2) is 24.3 Å². The normalized spacial score (nSPS) is 34.8. The van der Waals surface area contributed by atoms with Crippen molar-refractivity contribution in [2.75, 3.05) is 13.2 Å². The van der Waals surface area contributed by atoms with Gasteiger partial charge in [-0.25, -0.2) is 0 Å². The van der Waals surface area contributed by atoms with Gasteiger partial charge in [0, 0.05) is 19.4 Å². The Bertz CT molecular complexity index is 426. The molecular weight excluding hydrogens is 226 g/mol. The summed E-state index contributed by atoms with van der Waals surface area (Å²) in [6.45, 7) is 3.68. The third-order valence-electron chi connectivity index (χ3n) is 4.21. The zero-order chi connectivity index (χ0) is 12.6. The Kier molecular flexibility index (Phi) is 3.14. The van der Waals surface area contributed by atoms with Crippen LogP contribution in [0.5, 0.6) is 0 Å². The van der Waals surface area contributed by atoms with E-state index in [0.29, 0.717) is 0 Å². The molecule has 3 nitrogen and oxygen atoms in total. The van der Waals surface area contributed by atoms with Crippen molar-refractivity contribution < 1.29 is 9.84 Å². The Hall–Kier alpha value is -0.900. The highest BCUT2D eigenvalue weighted by molar-refractivity contribution is 5.35. The summed E-state index contributed by atoms with van der Waals surface area (Å²) in [4.78, 5) is 0. The van der Waals surface area contributed by atoms with E-state index in [1.807, 2.05) is 6.92 Å². The third kappa shape index (κ3) is 1.96. The van der Waals surface area contributed by atoms with Crippen LogP contribution in [0.4, 0.5) is 0 Å². The smallest absolute Gasteiger partial charge is 0.0891 e. The zero-order valence-corrected chi connectivity index (χ0v) is 10.9. The molecule has 0 amide bonds. The van der Waals surface area contributed by atoms with Crippen LogP contribution in [0.1, 0.15) is 36.9 Å². The number of hydrogen-bond acceptors (Lipinski definition) is 3. The molecule has 3 heteroatoms. The summed E-state index contributed by atoms with van der Waals surface area (Å²) in [5, 5.41) is 14.2. The lowest BCUT2D eigenvalue weighted by molar-refractivity contribution is -0.156. The summed E-state index contributed by atoms with van der Waals surface area (Å²) >= 11 is 0. The number of benzene rings is 1. The Morgan fingerprint density at radius 2 is 2.17 bits per heavy atom. The molecule has 1 fully saturated rings. The molecule has 0 radical (unpaired) electrons. The molecule has 1 atom stereocenters. The fourth-order valence-corrected chi connectivity index (χ4v) is 3.30. The molecule has 2 aliphatic rings. The zero-order valence-electron chi connectivity index (χ0n) is 10.9. The average Bonchev–Trinajstić information content (AvgIpc) is 2.36. The van der Waals surface area contributed by atoms with Crippen LogP contribution in [-0.2, 0) is 11.2 Å². The number of fused-ring (bicyclic) bond motifs is 1. The molecule has 1 saturated carbocycles. The van der Waals surface area contributed by atoms with Gasteiger partial charge in [0.05, 0.1) is 17.7 Å². The summed E-state index contributed by atoms with van der Waals surface area (Å²) in [5.41, 5.74) is 2.01. The molecule has 0 spiro atoms. The molecule has 1 heterocycles. The first-order chi connectivity index (χ1) is 8.73. The average molecular weight is 247 g/mol. The lowest BCUT2D eigenvalue weighted by Gasteiger charge is -2.49. The van der Waals surface area contributed by atoms with E-state index in [1.165, 1.54) is 11.1 Å². The van der Waals surface area contributed by atoms with Gasteiger partial charge >= 0.3 is 0 Å². The van der Waals surface area contributed by atoms with Crippen LogP contribution in [-0.4, -0.2) is 30.0 Å². The topological polar surface area (TPSA) is 41.5 Å². The van der Waals surface area contributed by atoms with Crippen LogP contribution in [0.3, 0.4) is 0 Å². The van der Waals surface area contributed by atoms with Crippen molar-refractivity contribution in [1.29, 1.82) is 0 Å². The molecule has 18 heavy (non-hydrogen) atoms. The second-order valence-electron chi connectivity index (χ2n) is 5.43. The Labute approximate surface area is 108 Å². The Morgan fingerprint density at radius 3 is 2.94 bits per heavy atom. The first-order valence-corrected chi connectivity index (χ1v) is 6.88. The van der Waals surface area contributed by atoms with Crippen molar-refractivity contribution in [2.24, 2.45) is 0 Å². The molecule has 0 saturated heterocycles. The molecule has 1 aromatic rings. The van der Waals surface area contributed by atoms with Gasteiger partial charge in [0.25, 0.3) is 0 Å². The van der Waals surface area contributed by atoms with Gasteiger partial charge < -0.3 is 15.2 Å². The molecule has 0 bridgehead atoms. The first kappa shape index (κ1) is 12.2. The molecule has 1 aliphatic carbocycles. The molecule has 2 N–H and O–H groups in total. The Morgan fingerprint density at radius 1 is 1.39 bits per heavy atom. The van der Waals surface area contributed by atoms with Crippen molar-refractivity contribution in [2.45, 2.75) is 43.9 Å². The van der Waals surface area contributed by atoms with Gasteiger partial charge in [0.15, 0.2) is 0 Å². The predicted molar refractivity (Wildman–Crippen MR) is 70.5 cm³/mol. The highest BCUT2D eigenvalue weighted by atomic mass is 16.5. The van der Waals surface area contributed by atoms with Gasteiger partial charge in [-0.05, 0) is 31.0 Å². The van der Waals surface area contributed by atoms with E-state index in [0.717, 1.165) is 32.4 Å². The number of rotatable bonds is 3. The van der Waals surface area contributed by atoms with Gasteiger partial charge in [-0.15, -0.1) is 0 Å². The highest BCUT2D eigenvalue weighted by Gasteiger charge is 2.50. The van der Waals surface area contributed by atoms with Crippen LogP contribution >= 0.6 is 0 Å². The van der Waals surface area contributed by atoms with Crippen molar-refractivity contribution in [3.05, 3.63) is 35.4 Å². The standard InChI is InChI=1S/C15H21NO2/c1-2-18-12-9-15(17,10-12)14-13-6-4-3-5-11(13)7-8-16-14/h3-6,12,14,16-17H,2,7-10H2,1H3. The minimum Gasteiger partial charge on any atom is -0.388 e. The van der Waals surface area contributed by atoms with E-state index in [1.54, 1.807) is 0 Å². The van der Waals surface area contributed by atoms with Crippen molar-refractivity contribution >= 4 is 0 Å². The fraction of sp³-hybridized carbons (Fsp3) is 0.600. The van der Waals surface area contributed by atoms with E-state index in [9.17, 15) is 5.11 Å². The Balaban J connectivity index is 1.78. The molecule has 1 aromatic carbocycles. The van der Waals surface area contributed by atoms with E-state index < -0.39 is 5.60 Å². The predicted octanol–water partition coefficient (Wildman–Crippen LogP) is 1.80. The largest absolute Gasteiger partial charge is 0.388 e. The lowest BCUT2D eigenvalue weighted by atomic mass is 9.69. The summed E-state index contributed by atoms with van der Waals surface area (Å²) in [7, 11) is 0. The van der Waals surface area contributed by atoms with E-state index in [4.69, 9.17) is 4.74 Å². The SMILES string of the molecule is CCOC1CC(O)(C2NCCc3ccccc32)C1. The number of ether oxygens (including phenoxy) is 1. The first-order valence-electron chi connectivity index (χ1n) is 6.88. The minimum absolute atomic E-state index is 0.0687. The van der Waals surface area contributed by atoms with Crippen molar-refractivity contribution in [1.82, 2.24) is 5.32 Å². The highest BCUT2D eigenvalue weighted by Crippen LogP contribution is 2.45. The quantitative estimate of drug-likeness (QED) is 0.856. The maximum atomic E-state index is 10.7. The van der Waals surface area contributed by atoms with Crippen LogP contribution in [0, 0.1) is 0 Å². The molecule has 3 rings (SSSR count). The van der Waals surface area contributed by atoms with Gasteiger partial charge in [-0.1, -0.05) is 24.3 Å². The van der Waals surface area contributed by atoms with E-state index in [-0.39, 0.29) is 12.1 Å². The summed E-state index contributed by atoms with van der Waals surface area (Å²) in [6.07, 6.45) is 2.77. The minimum atomic E-state index is -0.629. The van der Waals surface area contributed by atoms with Crippen molar-refractivity contribution in [3.63, 3.8) is 0 Å². The maximum Gasteiger partial charge on any atom is 0.0891 e. The summed E-state index contributed by atoms with van der Waals surface area (Å²) in [6, 6.07) is 8.51. The molecular formula is C15H21NO2. The van der Waals surface area contributed by atoms with Crippen LogP contribution in [0.25, 0.3) is 0 Å². The molecule has 98 valence electrons. The monoisotopic (exact) mass is 247 g/mol. The second-order valence-corrected chi connectivity index (χ2v) is 5.43. The van der Waals surface area contributed by atoms with Gasteiger partial charge in [0.1, 0.15) is 0 Å². The molecule has 0 aromatic heterocycles. The van der Waals surface area contributed by atoms with Crippen molar-refractivity contribution in [3.8, 4) is 0 Å². The second kappa shape index (κ2) is 4.65. The van der Waals surface area contributed by atoms with Gasteiger partial charge in [-0.3, -0.25) is 0 Å². The van der Waals surface area contributed by atoms with Crippen LogP contribution < -0.4 is 5.32 Å². The number of hydrogen-bond donors (Lipinski definition) is 2. The van der Waals surface area contributed by atoms with E-state index >= 15 is 0 Å². The maximum absolute atomic E-state index is 10.7. The number of aliphatic hydroxyl groups is 1. The lowest BCUT2D eigenvalue weighted by Crippen LogP contribution is -2.57. The molecule has 1 aliphatic heterocycles. The molecule has 1 unspecified atom stereocenters. The van der Waals surface area contributed by atoms with Gasteiger partial charge in [-0.2, -0.15) is 0 Å².